The van der Waals surface area contributed by atoms with Gasteiger partial charge in [0.25, 0.3) is 23.6 Å². The Hall–Kier alpha value is -8.80. The minimum Gasteiger partial charge on any atom is -0.358 e. The molecule has 8 aromatic carbocycles. The summed E-state index contributed by atoms with van der Waals surface area (Å²) in [5.74, 6) is -1.41. The standard InChI is InChI=1S/C84H96N8O4S4/c1-5-9-17-37-73-65-41-57(53-85-81(97)89-77(93)61-29-21-13-22-30-61)43-67(49-65)74(38-18-10-6-2)69-45-59(55-87-83(99)91-79(95)63-33-25-15-26-34-63)47-71(51-69)76(40-20-12-8-4)72-48-60(56-88-84(100)92-80(96)64-35-27-16-28-36-64)46-70(52-72)75(39-19-11-7-3)68-44-58(42-66(73)50-68)54-86-82(98)90-78(94)62-31-23-14-24-32-62/h13-16,21-36,41-52,73-76H,5-12,17-20,37-40,53-56H2,1-4H3,(H2,85,89,93,97)(H2,86,90,94,98)(H2,87,91,95,99)(H2,88,92,96,100). The third kappa shape index (κ3) is 22.6. The fourth-order valence-electron chi connectivity index (χ4n) is 13.5. The molecule has 0 aromatic heterocycles. The molecule has 12 nitrogen and oxygen atoms in total. The summed E-state index contributed by atoms with van der Waals surface area (Å²) in [4.78, 5) is 54.2. The molecule has 4 amide bonds. The summed E-state index contributed by atoms with van der Waals surface area (Å²) in [5, 5.41) is 26.5. The Bertz CT molecular complexity index is 3470. The molecule has 8 aromatic rings. The zero-order chi connectivity index (χ0) is 70.6. The van der Waals surface area contributed by atoms with Gasteiger partial charge in [-0.25, -0.2) is 0 Å². The van der Waals surface area contributed by atoms with Crippen LogP contribution in [0.25, 0.3) is 0 Å². The number of unbranched alkanes of at least 4 members (excludes halogenated alkanes) is 8. The smallest absolute Gasteiger partial charge is 0.257 e. The fraction of sp³-hybridized carbons (Fsp3) is 0.333. The fourth-order valence-corrected chi connectivity index (χ4v) is 14.1. The van der Waals surface area contributed by atoms with Crippen LogP contribution in [0.15, 0.2) is 194 Å². The number of rotatable bonds is 28. The minimum atomic E-state index is -0.282. The zero-order valence-corrected chi connectivity index (χ0v) is 61.5. The molecule has 8 bridgehead atoms. The average molecular weight is 1410 g/mol. The molecular formula is C84H96N8O4S4. The number of hydrogen-bond donors (Lipinski definition) is 8. The molecular weight excluding hydrogens is 1310 g/mol. The monoisotopic (exact) mass is 1410 g/mol. The Labute approximate surface area is 613 Å². The van der Waals surface area contributed by atoms with Gasteiger partial charge in [0.15, 0.2) is 20.4 Å². The van der Waals surface area contributed by atoms with Crippen molar-refractivity contribution in [1.82, 2.24) is 42.5 Å². The highest BCUT2D eigenvalue weighted by Crippen LogP contribution is 2.43. The predicted octanol–water partition coefficient (Wildman–Crippen LogP) is 18.1. The maximum absolute atomic E-state index is 13.6. The van der Waals surface area contributed by atoms with Gasteiger partial charge in [0.2, 0.25) is 0 Å². The highest BCUT2D eigenvalue weighted by Gasteiger charge is 2.28. The molecule has 0 spiro atoms. The van der Waals surface area contributed by atoms with Gasteiger partial charge in [-0.3, -0.25) is 40.4 Å². The lowest BCUT2D eigenvalue weighted by molar-refractivity contribution is 0.0968. The summed E-state index contributed by atoms with van der Waals surface area (Å²) in [6.45, 7) is 10.4. The van der Waals surface area contributed by atoms with Crippen LogP contribution in [-0.2, 0) is 26.2 Å². The predicted molar refractivity (Wildman–Crippen MR) is 423 cm³/mol. The Kier molecular flexibility index (Phi) is 29.6. The van der Waals surface area contributed by atoms with Gasteiger partial charge in [0.05, 0.1) is 0 Å². The highest BCUT2D eigenvalue weighted by atomic mass is 32.1. The van der Waals surface area contributed by atoms with Crippen LogP contribution in [-0.4, -0.2) is 44.1 Å². The van der Waals surface area contributed by atoms with Crippen molar-refractivity contribution in [1.29, 1.82) is 0 Å². The van der Waals surface area contributed by atoms with Crippen LogP contribution >= 0.6 is 48.9 Å². The van der Waals surface area contributed by atoms with Crippen LogP contribution in [0.5, 0.6) is 0 Å². The van der Waals surface area contributed by atoms with Gasteiger partial charge in [0.1, 0.15) is 0 Å². The maximum atomic E-state index is 13.6. The third-order valence-corrected chi connectivity index (χ3v) is 19.6. The first-order valence-electron chi connectivity index (χ1n) is 35.8. The number of thiocarbonyl (C=S) groups is 4. The number of amides is 4. The van der Waals surface area contributed by atoms with Crippen molar-refractivity contribution in [2.24, 2.45) is 0 Å². The van der Waals surface area contributed by atoms with E-state index in [4.69, 9.17) is 48.9 Å². The van der Waals surface area contributed by atoms with E-state index in [1.54, 1.807) is 48.5 Å². The van der Waals surface area contributed by atoms with E-state index < -0.39 is 0 Å². The van der Waals surface area contributed by atoms with Crippen molar-refractivity contribution in [3.8, 4) is 0 Å². The van der Waals surface area contributed by atoms with Crippen LogP contribution in [0.1, 0.15) is 262 Å². The maximum Gasteiger partial charge on any atom is 0.257 e. The Morgan fingerprint density at radius 1 is 0.270 bits per heavy atom. The van der Waals surface area contributed by atoms with Crippen molar-refractivity contribution in [2.75, 3.05) is 0 Å². The van der Waals surface area contributed by atoms with Crippen molar-refractivity contribution < 1.29 is 19.2 Å². The van der Waals surface area contributed by atoms with Crippen LogP contribution in [0.2, 0.25) is 0 Å². The zero-order valence-electron chi connectivity index (χ0n) is 58.2. The van der Waals surface area contributed by atoms with Crippen molar-refractivity contribution in [3.05, 3.63) is 283 Å². The highest BCUT2D eigenvalue weighted by molar-refractivity contribution is 7.80. The molecule has 0 unspecified atom stereocenters. The Morgan fingerprint density at radius 3 is 0.620 bits per heavy atom. The van der Waals surface area contributed by atoms with Gasteiger partial charge in [-0.1, -0.05) is 250 Å². The Balaban J connectivity index is 1.26. The number of fused-ring (bicyclic) bond motifs is 8. The molecule has 1 aliphatic rings. The second-order valence-corrected chi connectivity index (χ2v) is 27.9. The van der Waals surface area contributed by atoms with Crippen LogP contribution < -0.4 is 42.5 Å². The Morgan fingerprint density at radius 2 is 0.450 bits per heavy atom. The molecule has 0 saturated carbocycles. The van der Waals surface area contributed by atoms with E-state index in [0.29, 0.717) is 48.4 Å². The van der Waals surface area contributed by atoms with Gasteiger partial charge in [0, 0.05) is 72.1 Å². The van der Waals surface area contributed by atoms with E-state index in [1.165, 1.54) is 44.5 Å². The van der Waals surface area contributed by atoms with Crippen LogP contribution in [0, 0.1) is 0 Å². The first-order chi connectivity index (χ1) is 48.7. The molecule has 0 atom stereocenters. The summed E-state index contributed by atoms with van der Waals surface area (Å²) in [6.07, 6.45) is 15.8. The summed E-state index contributed by atoms with van der Waals surface area (Å²) < 4.78 is 0. The quantitative estimate of drug-likeness (QED) is 0.0173. The number of benzene rings is 8. The lowest BCUT2D eigenvalue weighted by Gasteiger charge is -2.29. The molecule has 9 rings (SSSR count). The number of carbonyl (C=O) groups excluding carboxylic acids is 4. The minimum absolute atomic E-state index is 0.0711. The van der Waals surface area contributed by atoms with E-state index in [2.05, 4.69) is 143 Å². The summed E-state index contributed by atoms with van der Waals surface area (Å²) in [5.41, 5.74) is 15.7. The van der Waals surface area contributed by atoms with Gasteiger partial charge in [-0.2, -0.15) is 0 Å². The second kappa shape index (κ2) is 39.3. The molecule has 0 radical (unpaired) electrons. The molecule has 0 heterocycles. The largest absolute Gasteiger partial charge is 0.358 e. The van der Waals surface area contributed by atoms with Crippen molar-refractivity contribution >= 4 is 92.9 Å². The van der Waals surface area contributed by atoms with Gasteiger partial charge in [-0.05, 0) is 190 Å². The molecule has 8 N–H and O–H groups in total. The lowest BCUT2D eigenvalue weighted by atomic mass is 9.76. The average Bonchev–Trinajstić information content (AvgIpc) is 0.778. The van der Waals surface area contributed by atoms with Crippen molar-refractivity contribution in [3.63, 3.8) is 0 Å². The van der Waals surface area contributed by atoms with Gasteiger partial charge in [-0.15, -0.1) is 0 Å². The normalized spacial score (nSPS) is 14.5. The third-order valence-electron chi connectivity index (χ3n) is 18.6. The molecule has 16 heteroatoms. The van der Waals surface area contributed by atoms with Crippen LogP contribution in [0.3, 0.4) is 0 Å². The second-order valence-electron chi connectivity index (χ2n) is 26.2. The van der Waals surface area contributed by atoms with E-state index in [9.17, 15) is 19.2 Å². The summed E-state index contributed by atoms with van der Waals surface area (Å²) in [7, 11) is 0. The SMILES string of the molecule is CCCCCC1c2cc(CNC(=S)NC(=O)c3ccccc3)cc(c2)C(CCCCC)c2cc(CNC(=S)NC(=O)c3ccccc3)cc(c2)C(CCCCC)c2cc(CNC(=S)NC(=O)c3ccccc3)cc(c2)C(CCCCC)c2cc(CNC(=S)NC(=O)c3ccccc3)cc1c2. The van der Waals surface area contributed by atoms with Crippen molar-refractivity contribution in [2.45, 2.75) is 180 Å². The topological polar surface area (TPSA) is 165 Å². The summed E-state index contributed by atoms with van der Waals surface area (Å²) >= 11 is 23.7. The molecule has 0 saturated heterocycles. The molecule has 0 aliphatic heterocycles. The van der Waals surface area contributed by atoms with E-state index in [-0.39, 0.29) is 67.8 Å². The van der Waals surface area contributed by atoms with Gasteiger partial charge < -0.3 is 21.3 Å². The lowest BCUT2D eigenvalue weighted by Crippen LogP contribution is -2.38. The number of hydrogen-bond acceptors (Lipinski definition) is 8. The van der Waals surface area contributed by atoms with E-state index in [0.717, 1.165) is 125 Å². The van der Waals surface area contributed by atoms with E-state index >= 15 is 0 Å². The molecule has 100 heavy (non-hydrogen) atoms. The van der Waals surface area contributed by atoms with Gasteiger partial charge >= 0.3 is 0 Å². The molecule has 0 fully saturated rings. The van der Waals surface area contributed by atoms with E-state index in [1.807, 2.05) is 72.8 Å². The number of nitrogens with one attached hydrogen (secondary N) is 8. The van der Waals surface area contributed by atoms with Crippen LogP contribution in [0.4, 0.5) is 0 Å². The summed E-state index contributed by atoms with van der Waals surface area (Å²) in [6, 6.07) is 65.1. The first kappa shape index (κ1) is 75.4. The number of carbonyl (C=O) groups is 4. The molecule has 520 valence electrons. The first-order valence-corrected chi connectivity index (χ1v) is 37.4. The molecule has 1 aliphatic carbocycles.